The molecule has 0 spiro atoms. The van der Waals surface area contributed by atoms with Crippen molar-refractivity contribution in [1.29, 1.82) is 0 Å². The lowest BCUT2D eigenvalue weighted by molar-refractivity contribution is -0.152. The molecule has 0 radical (unpaired) electrons. The fraction of sp³-hybridized carbons (Fsp3) is 0.241. The van der Waals surface area contributed by atoms with Crippen LogP contribution in [0.4, 0.5) is 5.69 Å². The Morgan fingerprint density at radius 3 is 2.28 bits per heavy atom. The van der Waals surface area contributed by atoms with Crippen LogP contribution in [-0.2, 0) is 24.7 Å². The Bertz CT molecular complexity index is 1390. The van der Waals surface area contributed by atoms with Crippen LogP contribution < -0.4 is 10.2 Å². The third-order valence-corrected chi connectivity index (χ3v) is 7.33. The first-order valence-corrected chi connectivity index (χ1v) is 11.8. The highest BCUT2D eigenvalue weighted by Gasteiger charge is 2.69. The molecular weight excluding hydrogens is 456 g/mol. The van der Waals surface area contributed by atoms with Crippen LogP contribution in [0.2, 0.25) is 0 Å². The molecule has 0 bridgehead atoms. The molecule has 0 aliphatic carbocycles. The number of aryl methyl sites for hydroxylation is 1. The molecule has 3 aromatic rings. The topological polar surface area (TPSA) is 92.8 Å². The minimum absolute atomic E-state index is 0.177. The first-order valence-electron chi connectivity index (χ1n) is 11.8. The number of Topliss-reactive ketones (excluding diaryl/α,β-unsaturated/α-hetero) is 1. The normalized spacial score (nSPS) is 25.1. The minimum Gasteiger partial charge on any atom is -0.467 e. The number of hydrogen-bond donors (Lipinski definition) is 1. The maximum Gasteiger partial charge on any atom is 0.331 e. The molecule has 2 aliphatic heterocycles. The number of ketones is 1. The highest BCUT2D eigenvalue weighted by molar-refractivity contribution is 6.24. The number of nitrogens with one attached hydrogen (secondary N) is 1. The average molecular weight is 483 g/mol. The third-order valence-electron chi connectivity index (χ3n) is 7.33. The van der Waals surface area contributed by atoms with E-state index in [1.807, 2.05) is 37.3 Å². The second kappa shape index (κ2) is 8.84. The van der Waals surface area contributed by atoms with Crippen LogP contribution >= 0.6 is 0 Å². The Morgan fingerprint density at radius 2 is 1.61 bits per heavy atom. The lowest BCUT2D eigenvalue weighted by atomic mass is 9.75. The number of anilines is 1. The molecule has 7 heteroatoms. The van der Waals surface area contributed by atoms with E-state index in [2.05, 4.69) is 5.32 Å². The summed E-state index contributed by atoms with van der Waals surface area (Å²) in [5.41, 5.74) is 1.43. The van der Waals surface area contributed by atoms with Crippen LogP contribution in [-0.4, -0.2) is 30.7 Å². The number of imide groups is 1. The van der Waals surface area contributed by atoms with E-state index in [1.165, 1.54) is 20.1 Å². The Kier molecular flexibility index (Phi) is 5.80. The van der Waals surface area contributed by atoms with Crippen molar-refractivity contribution >= 4 is 29.3 Å². The van der Waals surface area contributed by atoms with Gasteiger partial charge in [-0.25, -0.2) is 9.69 Å². The molecular formula is C29H26N2O5. The first kappa shape index (κ1) is 23.6. The summed E-state index contributed by atoms with van der Waals surface area (Å²) in [6.45, 7) is 3.36. The van der Waals surface area contributed by atoms with Gasteiger partial charge >= 0.3 is 5.97 Å². The lowest BCUT2D eigenvalue weighted by Gasteiger charge is -2.33. The Hall–Kier alpha value is -4.10. The van der Waals surface area contributed by atoms with Gasteiger partial charge in [-0.15, -0.1) is 0 Å². The number of ether oxygens (including phenoxy) is 1. The van der Waals surface area contributed by atoms with E-state index in [9.17, 15) is 19.2 Å². The van der Waals surface area contributed by atoms with Crippen LogP contribution in [0, 0.1) is 18.8 Å². The van der Waals surface area contributed by atoms with E-state index in [0.717, 1.165) is 16.0 Å². The van der Waals surface area contributed by atoms with E-state index < -0.39 is 41.2 Å². The van der Waals surface area contributed by atoms with Gasteiger partial charge in [0, 0.05) is 11.6 Å². The van der Waals surface area contributed by atoms with Gasteiger partial charge in [-0.3, -0.25) is 19.7 Å². The van der Waals surface area contributed by atoms with Gasteiger partial charge in [0.2, 0.25) is 11.8 Å². The summed E-state index contributed by atoms with van der Waals surface area (Å²) >= 11 is 0. The van der Waals surface area contributed by atoms with Crippen molar-refractivity contribution in [1.82, 2.24) is 5.32 Å². The van der Waals surface area contributed by atoms with Gasteiger partial charge in [-0.05, 0) is 42.7 Å². The first-order chi connectivity index (χ1) is 17.3. The zero-order chi connectivity index (χ0) is 25.6. The Morgan fingerprint density at radius 1 is 0.917 bits per heavy atom. The lowest BCUT2D eigenvalue weighted by Crippen LogP contribution is -2.53. The van der Waals surface area contributed by atoms with Crippen LogP contribution in [0.15, 0.2) is 78.9 Å². The molecule has 1 N–H and O–H groups in total. The predicted octanol–water partition coefficient (Wildman–Crippen LogP) is 3.72. The van der Waals surface area contributed by atoms with Crippen molar-refractivity contribution in [2.75, 3.05) is 12.0 Å². The molecule has 2 amide bonds. The monoisotopic (exact) mass is 482 g/mol. The Balaban J connectivity index is 1.74. The molecule has 0 unspecified atom stereocenters. The summed E-state index contributed by atoms with van der Waals surface area (Å²) in [6, 6.07) is 22.3. The number of esters is 1. The largest absolute Gasteiger partial charge is 0.467 e. The van der Waals surface area contributed by atoms with E-state index in [1.54, 1.807) is 42.5 Å². The molecule has 2 fully saturated rings. The van der Waals surface area contributed by atoms with Crippen LogP contribution in [0.1, 0.15) is 40.0 Å². The quantitative estimate of drug-likeness (QED) is 0.339. The molecule has 0 aromatic heterocycles. The van der Waals surface area contributed by atoms with Gasteiger partial charge < -0.3 is 4.74 Å². The third kappa shape index (κ3) is 3.38. The Labute approximate surface area is 209 Å². The van der Waals surface area contributed by atoms with Crippen molar-refractivity contribution in [2.24, 2.45) is 11.8 Å². The molecule has 4 atom stereocenters. The smallest absolute Gasteiger partial charge is 0.331 e. The van der Waals surface area contributed by atoms with Crippen LogP contribution in [0.25, 0.3) is 0 Å². The van der Waals surface area contributed by atoms with Gasteiger partial charge in [-0.2, -0.15) is 0 Å². The molecule has 5 rings (SSSR count). The fourth-order valence-corrected chi connectivity index (χ4v) is 5.66. The second-order valence-corrected chi connectivity index (χ2v) is 9.27. The molecule has 2 aliphatic rings. The predicted molar refractivity (Wildman–Crippen MR) is 133 cm³/mol. The summed E-state index contributed by atoms with van der Waals surface area (Å²) in [5, 5.41) is 3.40. The molecule has 36 heavy (non-hydrogen) atoms. The van der Waals surface area contributed by atoms with Crippen molar-refractivity contribution in [3.63, 3.8) is 0 Å². The minimum atomic E-state index is -1.58. The van der Waals surface area contributed by atoms with Gasteiger partial charge in [0.05, 0.1) is 24.6 Å². The molecule has 2 saturated heterocycles. The average Bonchev–Trinajstić information content (AvgIpc) is 3.38. The summed E-state index contributed by atoms with van der Waals surface area (Å²) in [5.74, 6) is -3.66. The van der Waals surface area contributed by atoms with E-state index in [-0.39, 0.29) is 5.78 Å². The number of methoxy groups -OCH3 is 1. The zero-order valence-corrected chi connectivity index (χ0v) is 20.2. The van der Waals surface area contributed by atoms with E-state index in [0.29, 0.717) is 16.8 Å². The van der Waals surface area contributed by atoms with E-state index >= 15 is 0 Å². The number of carbonyl (C=O) groups excluding carboxylic acids is 4. The standard InChI is InChI=1S/C29H26N2O5/c1-17-10-7-8-15-22(17)25-23-24(29(30-25,28(35)36-3)20-12-5-4-6-13-20)27(34)31(26(23)33)21-14-9-11-19(16-21)18(2)32/h4-16,23-25,30H,1-3H3/t23-,24+,25+,29+/m0/s1. The molecule has 0 saturated carbocycles. The van der Waals surface area contributed by atoms with Crippen molar-refractivity contribution in [2.45, 2.75) is 25.4 Å². The highest BCUT2D eigenvalue weighted by atomic mass is 16.5. The number of carbonyl (C=O) groups is 4. The zero-order valence-electron chi connectivity index (χ0n) is 20.2. The number of nitrogens with zero attached hydrogens (tertiary/aromatic N) is 1. The molecule has 3 aromatic carbocycles. The summed E-state index contributed by atoms with van der Waals surface area (Å²) in [6.07, 6.45) is 0. The number of hydrogen-bond acceptors (Lipinski definition) is 6. The molecule has 7 nitrogen and oxygen atoms in total. The highest BCUT2D eigenvalue weighted by Crippen LogP contribution is 2.54. The molecule has 182 valence electrons. The summed E-state index contributed by atoms with van der Waals surface area (Å²) < 4.78 is 5.26. The molecule has 2 heterocycles. The summed E-state index contributed by atoms with van der Waals surface area (Å²) in [4.78, 5) is 54.8. The number of rotatable bonds is 5. The maximum atomic E-state index is 14.1. The van der Waals surface area contributed by atoms with Crippen molar-refractivity contribution in [3.8, 4) is 0 Å². The van der Waals surface area contributed by atoms with Crippen molar-refractivity contribution < 1.29 is 23.9 Å². The van der Waals surface area contributed by atoms with Gasteiger partial charge in [0.25, 0.3) is 0 Å². The van der Waals surface area contributed by atoms with E-state index in [4.69, 9.17) is 4.74 Å². The van der Waals surface area contributed by atoms with Crippen molar-refractivity contribution in [3.05, 3.63) is 101 Å². The fourth-order valence-electron chi connectivity index (χ4n) is 5.66. The number of fused-ring (bicyclic) bond motifs is 1. The summed E-state index contributed by atoms with van der Waals surface area (Å²) in [7, 11) is 1.28. The van der Waals surface area contributed by atoms with Crippen LogP contribution in [0.5, 0.6) is 0 Å². The van der Waals surface area contributed by atoms with Gasteiger partial charge in [0.15, 0.2) is 11.3 Å². The maximum absolute atomic E-state index is 14.1. The van der Waals surface area contributed by atoms with Gasteiger partial charge in [0.1, 0.15) is 0 Å². The second-order valence-electron chi connectivity index (χ2n) is 9.27. The SMILES string of the molecule is COC(=O)[C@]1(c2ccccc2)N[C@H](c2ccccc2C)[C@H]2C(=O)N(c3cccc(C(C)=O)c3)C(=O)[C@@H]21. The number of benzene rings is 3. The number of amides is 2. The van der Waals surface area contributed by atoms with Crippen LogP contribution in [0.3, 0.4) is 0 Å². The van der Waals surface area contributed by atoms with Gasteiger partial charge in [-0.1, -0.05) is 66.7 Å².